The van der Waals surface area contributed by atoms with Crippen molar-refractivity contribution in [3.8, 4) is 0 Å². The molecule has 8 heteroatoms. The third kappa shape index (κ3) is 4.79. The van der Waals surface area contributed by atoms with Crippen molar-refractivity contribution in [1.29, 1.82) is 0 Å². The summed E-state index contributed by atoms with van der Waals surface area (Å²) in [6.45, 7) is 5.05. The number of hydrogen-bond acceptors (Lipinski definition) is 5. The number of thiazole rings is 1. The molecule has 1 amide bonds. The summed E-state index contributed by atoms with van der Waals surface area (Å²) in [5.41, 5.74) is 3.78. The molecule has 3 aromatic rings. The highest BCUT2D eigenvalue weighted by molar-refractivity contribution is 7.09. The van der Waals surface area contributed by atoms with Crippen LogP contribution in [-0.2, 0) is 13.0 Å². The SMILES string of the molecule is Cc1cc(C)n(Cc2ccc(C(=O)NCCc3nc(C(=O)O)cs3)cc2)n1. The number of rotatable bonds is 7. The number of hydrogen-bond donors (Lipinski definition) is 2. The topological polar surface area (TPSA) is 97.1 Å². The predicted molar refractivity (Wildman–Crippen MR) is 102 cm³/mol. The highest BCUT2D eigenvalue weighted by Gasteiger charge is 2.10. The first-order valence-electron chi connectivity index (χ1n) is 8.48. The van der Waals surface area contributed by atoms with E-state index in [9.17, 15) is 9.59 Å². The van der Waals surface area contributed by atoms with Crippen molar-refractivity contribution in [1.82, 2.24) is 20.1 Å². The highest BCUT2D eigenvalue weighted by Crippen LogP contribution is 2.11. The summed E-state index contributed by atoms with van der Waals surface area (Å²) in [6.07, 6.45) is 0.500. The third-order valence-electron chi connectivity index (χ3n) is 4.05. The normalized spacial score (nSPS) is 10.7. The lowest BCUT2D eigenvalue weighted by molar-refractivity contribution is 0.0690. The van der Waals surface area contributed by atoms with Gasteiger partial charge in [-0.05, 0) is 37.6 Å². The molecule has 2 heterocycles. The molecule has 3 rings (SSSR count). The van der Waals surface area contributed by atoms with Gasteiger partial charge in [0.1, 0.15) is 0 Å². The van der Waals surface area contributed by atoms with E-state index in [1.54, 1.807) is 12.1 Å². The molecule has 2 N–H and O–H groups in total. The molecule has 0 radical (unpaired) electrons. The predicted octanol–water partition coefficient (Wildman–Crippen LogP) is 2.68. The van der Waals surface area contributed by atoms with E-state index in [4.69, 9.17) is 5.11 Å². The second-order valence-electron chi connectivity index (χ2n) is 6.22. The van der Waals surface area contributed by atoms with Crippen molar-refractivity contribution in [2.45, 2.75) is 26.8 Å². The summed E-state index contributed by atoms with van der Waals surface area (Å²) in [6, 6.07) is 9.46. The van der Waals surface area contributed by atoms with Crippen molar-refractivity contribution < 1.29 is 14.7 Å². The van der Waals surface area contributed by atoms with Gasteiger partial charge >= 0.3 is 5.97 Å². The van der Waals surface area contributed by atoms with Crippen LogP contribution in [0.2, 0.25) is 0 Å². The zero-order valence-electron chi connectivity index (χ0n) is 15.1. The fourth-order valence-corrected chi connectivity index (χ4v) is 3.45. The molecule has 2 aromatic heterocycles. The van der Waals surface area contributed by atoms with Crippen LogP contribution in [-0.4, -0.2) is 38.3 Å². The second kappa shape index (κ2) is 8.13. The smallest absolute Gasteiger partial charge is 0.355 e. The van der Waals surface area contributed by atoms with Crippen molar-refractivity contribution in [3.05, 3.63) is 68.9 Å². The first-order valence-corrected chi connectivity index (χ1v) is 9.36. The zero-order chi connectivity index (χ0) is 19.4. The molecule has 0 atom stereocenters. The molecular weight excluding hydrogens is 364 g/mol. The van der Waals surface area contributed by atoms with Crippen molar-refractivity contribution in [2.24, 2.45) is 0 Å². The summed E-state index contributed by atoms with van der Waals surface area (Å²) in [5, 5.41) is 18.3. The summed E-state index contributed by atoms with van der Waals surface area (Å²) in [7, 11) is 0. The molecule has 0 aliphatic heterocycles. The Morgan fingerprint density at radius 2 is 1.96 bits per heavy atom. The minimum Gasteiger partial charge on any atom is -0.476 e. The van der Waals surface area contributed by atoms with Crippen LogP contribution in [0, 0.1) is 13.8 Å². The summed E-state index contributed by atoms with van der Waals surface area (Å²) in [5.74, 6) is -1.20. The van der Waals surface area contributed by atoms with Crippen molar-refractivity contribution in [2.75, 3.05) is 6.54 Å². The molecule has 0 saturated carbocycles. The molecule has 0 fully saturated rings. The van der Waals surface area contributed by atoms with Crippen LogP contribution in [0.15, 0.2) is 35.7 Å². The van der Waals surface area contributed by atoms with Gasteiger partial charge in [0.15, 0.2) is 5.69 Å². The summed E-state index contributed by atoms with van der Waals surface area (Å²) >= 11 is 1.28. The monoisotopic (exact) mass is 384 g/mol. The Balaban J connectivity index is 1.52. The molecule has 140 valence electrons. The van der Waals surface area contributed by atoms with Gasteiger partial charge in [-0.25, -0.2) is 9.78 Å². The van der Waals surface area contributed by atoms with E-state index in [1.807, 2.05) is 36.7 Å². The number of carbonyl (C=O) groups is 2. The van der Waals surface area contributed by atoms with Gasteiger partial charge in [-0.2, -0.15) is 5.10 Å². The quantitative estimate of drug-likeness (QED) is 0.653. The van der Waals surface area contributed by atoms with Crippen molar-refractivity contribution in [3.63, 3.8) is 0 Å². The highest BCUT2D eigenvalue weighted by atomic mass is 32.1. The Morgan fingerprint density at radius 1 is 1.22 bits per heavy atom. The van der Waals surface area contributed by atoms with Crippen LogP contribution in [0.25, 0.3) is 0 Å². The van der Waals surface area contributed by atoms with Crippen LogP contribution in [0.1, 0.15) is 42.8 Å². The molecule has 0 spiro atoms. The van der Waals surface area contributed by atoms with Gasteiger partial charge in [0.25, 0.3) is 5.91 Å². The minimum atomic E-state index is -1.04. The molecule has 0 aliphatic carbocycles. The summed E-state index contributed by atoms with van der Waals surface area (Å²) in [4.78, 5) is 27.0. The van der Waals surface area contributed by atoms with E-state index in [0.29, 0.717) is 30.1 Å². The molecule has 0 unspecified atom stereocenters. The average molecular weight is 384 g/mol. The number of nitrogens with one attached hydrogen (secondary N) is 1. The number of benzene rings is 1. The molecule has 1 aromatic carbocycles. The van der Waals surface area contributed by atoms with Gasteiger partial charge in [-0.15, -0.1) is 11.3 Å². The van der Waals surface area contributed by atoms with Gasteiger partial charge in [-0.1, -0.05) is 12.1 Å². The zero-order valence-corrected chi connectivity index (χ0v) is 15.9. The number of amides is 1. The van der Waals surface area contributed by atoms with E-state index >= 15 is 0 Å². The van der Waals surface area contributed by atoms with E-state index in [2.05, 4.69) is 15.4 Å². The van der Waals surface area contributed by atoms with E-state index in [0.717, 1.165) is 17.0 Å². The Kier molecular flexibility index (Phi) is 5.66. The number of aromatic nitrogens is 3. The first-order chi connectivity index (χ1) is 12.9. The number of aromatic carboxylic acids is 1. The number of carboxylic acid groups (broad SMARTS) is 1. The van der Waals surface area contributed by atoms with Gasteiger partial charge < -0.3 is 10.4 Å². The molecule has 27 heavy (non-hydrogen) atoms. The standard InChI is InChI=1S/C19H20N4O3S/c1-12-9-13(2)23(22-12)10-14-3-5-15(6-4-14)18(24)20-8-7-17-21-16(11-27-17)19(25)26/h3-6,9,11H,7-8,10H2,1-2H3,(H,20,24)(H,25,26). The van der Waals surface area contributed by atoms with Gasteiger partial charge in [0.05, 0.1) is 17.2 Å². The Labute approximate surface area is 160 Å². The minimum absolute atomic E-state index is 0.0412. The Bertz CT molecular complexity index is 960. The van der Waals surface area contributed by atoms with Crippen LogP contribution < -0.4 is 5.32 Å². The van der Waals surface area contributed by atoms with Crippen LogP contribution in [0.3, 0.4) is 0 Å². The number of nitrogens with zero attached hydrogens (tertiary/aromatic N) is 3. The number of carbonyl (C=O) groups excluding carboxylic acids is 1. The van der Waals surface area contributed by atoms with Crippen LogP contribution in [0.5, 0.6) is 0 Å². The van der Waals surface area contributed by atoms with Gasteiger partial charge in [0, 0.05) is 29.6 Å². The number of carboxylic acids is 1. The lowest BCUT2D eigenvalue weighted by atomic mass is 10.1. The maximum absolute atomic E-state index is 12.2. The second-order valence-corrected chi connectivity index (χ2v) is 7.16. The van der Waals surface area contributed by atoms with E-state index in [-0.39, 0.29) is 11.6 Å². The molecule has 0 aliphatic rings. The van der Waals surface area contributed by atoms with Crippen LogP contribution >= 0.6 is 11.3 Å². The van der Waals surface area contributed by atoms with E-state index in [1.165, 1.54) is 16.7 Å². The summed E-state index contributed by atoms with van der Waals surface area (Å²) < 4.78 is 1.93. The van der Waals surface area contributed by atoms with Crippen molar-refractivity contribution >= 4 is 23.2 Å². The Hall–Kier alpha value is -3.00. The Morgan fingerprint density at radius 3 is 2.56 bits per heavy atom. The maximum Gasteiger partial charge on any atom is 0.355 e. The fourth-order valence-electron chi connectivity index (χ4n) is 2.68. The van der Waals surface area contributed by atoms with Crippen LogP contribution in [0.4, 0.5) is 0 Å². The average Bonchev–Trinajstić information content (AvgIpc) is 3.22. The van der Waals surface area contributed by atoms with Gasteiger partial charge in [-0.3, -0.25) is 9.48 Å². The molecule has 0 saturated heterocycles. The molecule has 0 bridgehead atoms. The van der Waals surface area contributed by atoms with E-state index < -0.39 is 5.97 Å². The largest absolute Gasteiger partial charge is 0.476 e. The van der Waals surface area contributed by atoms with Gasteiger partial charge in [0.2, 0.25) is 0 Å². The lowest BCUT2D eigenvalue weighted by Crippen LogP contribution is -2.25. The third-order valence-corrected chi connectivity index (χ3v) is 4.96. The molecule has 7 nitrogen and oxygen atoms in total. The molecular formula is C19H20N4O3S. The fraction of sp³-hybridized carbons (Fsp3) is 0.263. The maximum atomic E-state index is 12.2. The number of aryl methyl sites for hydroxylation is 2. The lowest BCUT2D eigenvalue weighted by Gasteiger charge is -2.07. The first kappa shape index (κ1) is 18.8.